The zero-order chi connectivity index (χ0) is 19.6. The number of tetrazole rings is 1. The summed E-state index contributed by atoms with van der Waals surface area (Å²) in [5.74, 6) is -0.353. The third-order valence-corrected chi connectivity index (χ3v) is 4.94. The van der Waals surface area contributed by atoms with Crippen LogP contribution in [-0.2, 0) is 0 Å². The molecule has 0 aliphatic carbocycles. The predicted molar refractivity (Wildman–Crippen MR) is 102 cm³/mol. The van der Waals surface area contributed by atoms with Crippen molar-refractivity contribution in [3.63, 3.8) is 0 Å². The molecule has 0 N–H and O–H groups in total. The Morgan fingerprint density at radius 1 is 1.19 bits per heavy atom. The van der Waals surface area contributed by atoms with Gasteiger partial charge in [-0.2, -0.15) is 4.68 Å². The van der Waals surface area contributed by atoms with Gasteiger partial charge in [0.25, 0.3) is 5.69 Å². The molecule has 3 aromatic rings. The summed E-state index contributed by atoms with van der Waals surface area (Å²) in [6.45, 7) is 5.97. The number of carbonyl (C=O) groups excluding carboxylic acids is 1. The van der Waals surface area contributed by atoms with E-state index in [-0.39, 0.29) is 22.8 Å². The Labute approximate surface area is 159 Å². The molecule has 3 rings (SSSR count). The van der Waals surface area contributed by atoms with Gasteiger partial charge in [0.05, 0.1) is 21.9 Å². The van der Waals surface area contributed by atoms with Crippen LogP contribution in [0.3, 0.4) is 0 Å². The van der Waals surface area contributed by atoms with Crippen LogP contribution in [0.4, 0.5) is 5.69 Å². The second-order valence-corrected chi connectivity index (χ2v) is 7.05. The molecular formula is C18H17N5O3S. The number of nitrogens with zero attached hydrogens (tertiary/aromatic N) is 5. The number of ketones is 1. The second-order valence-electron chi connectivity index (χ2n) is 6.11. The first kappa shape index (κ1) is 18.7. The van der Waals surface area contributed by atoms with Crippen molar-refractivity contribution in [2.24, 2.45) is 0 Å². The van der Waals surface area contributed by atoms with Crippen LogP contribution in [0.15, 0.2) is 41.6 Å². The highest BCUT2D eigenvalue weighted by Gasteiger charge is 2.21. The standard InChI is InChI=1S/C18H17N5O3S/c1-11-8-12(2)17(13(3)9-11)22-18(19-20-21-22)27-10-16(24)14-6-4-5-7-15(14)23(25)26/h4-9H,10H2,1-3H3. The average Bonchev–Trinajstić information content (AvgIpc) is 3.07. The minimum Gasteiger partial charge on any atom is -0.293 e. The van der Waals surface area contributed by atoms with E-state index in [0.717, 1.165) is 34.1 Å². The fourth-order valence-electron chi connectivity index (χ4n) is 2.99. The number of Topliss-reactive ketones (excluding diaryl/α,β-unsaturated/α-hetero) is 1. The van der Waals surface area contributed by atoms with Crippen LogP contribution < -0.4 is 0 Å². The lowest BCUT2D eigenvalue weighted by Crippen LogP contribution is -2.08. The van der Waals surface area contributed by atoms with Crippen LogP contribution in [0, 0.1) is 30.9 Å². The highest BCUT2D eigenvalue weighted by atomic mass is 32.2. The molecule has 0 amide bonds. The maximum absolute atomic E-state index is 12.5. The summed E-state index contributed by atoms with van der Waals surface area (Å²) in [4.78, 5) is 23.0. The maximum atomic E-state index is 12.5. The molecular weight excluding hydrogens is 366 g/mol. The smallest absolute Gasteiger partial charge is 0.280 e. The Kier molecular flexibility index (Phi) is 5.31. The Balaban J connectivity index is 1.85. The maximum Gasteiger partial charge on any atom is 0.280 e. The molecule has 0 bridgehead atoms. The van der Waals surface area contributed by atoms with Crippen molar-refractivity contribution >= 4 is 23.2 Å². The number of aromatic nitrogens is 4. The lowest BCUT2D eigenvalue weighted by molar-refractivity contribution is -0.385. The summed E-state index contributed by atoms with van der Waals surface area (Å²) >= 11 is 1.15. The van der Waals surface area contributed by atoms with Crippen LogP contribution in [0.25, 0.3) is 5.69 Å². The first-order valence-corrected chi connectivity index (χ1v) is 9.13. The van der Waals surface area contributed by atoms with Crippen molar-refractivity contribution in [3.05, 3.63) is 68.8 Å². The quantitative estimate of drug-likeness (QED) is 0.278. The van der Waals surface area contributed by atoms with Crippen molar-refractivity contribution in [3.8, 4) is 5.69 Å². The van der Waals surface area contributed by atoms with Crippen molar-refractivity contribution in [2.45, 2.75) is 25.9 Å². The molecule has 0 fully saturated rings. The van der Waals surface area contributed by atoms with Gasteiger partial charge in [0, 0.05) is 6.07 Å². The summed E-state index contributed by atoms with van der Waals surface area (Å²) in [5, 5.41) is 23.3. The Hall–Kier alpha value is -3.07. The largest absolute Gasteiger partial charge is 0.293 e. The summed E-state index contributed by atoms with van der Waals surface area (Å²) in [7, 11) is 0. The number of rotatable bonds is 6. The number of nitro benzene ring substituents is 1. The van der Waals surface area contributed by atoms with Crippen LogP contribution in [-0.4, -0.2) is 36.7 Å². The third-order valence-electron chi connectivity index (χ3n) is 4.02. The SMILES string of the molecule is Cc1cc(C)c(-n2nnnc2SCC(=O)c2ccccc2[N+](=O)[O-])c(C)c1. The fraction of sp³-hybridized carbons (Fsp3) is 0.222. The van der Waals surface area contributed by atoms with Crippen molar-refractivity contribution in [1.82, 2.24) is 20.2 Å². The zero-order valence-corrected chi connectivity index (χ0v) is 15.9. The van der Waals surface area contributed by atoms with Gasteiger partial charge < -0.3 is 0 Å². The monoisotopic (exact) mass is 383 g/mol. The highest BCUT2D eigenvalue weighted by molar-refractivity contribution is 7.99. The Bertz CT molecular complexity index is 1010. The van der Waals surface area contributed by atoms with E-state index in [4.69, 9.17) is 0 Å². The van der Waals surface area contributed by atoms with Gasteiger partial charge in [-0.3, -0.25) is 14.9 Å². The molecule has 0 saturated carbocycles. The molecule has 27 heavy (non-hydrogen) atoms. The van der Waals surface area contributed by atoms with Crippen molar-refractivity contribution < 1.29 is 9.72 Å². The number of hydrogen-bond donors (Lipinski definition) is 0. The van der Waals surface area contributed by atoms with E-state index in [9.17, 15) is 14.9 Å². The van der Waals surface area contributed by atoms with Gasteiger partial charge in [0.15, 0.2) is 5.78 Å². The number of hydrogen-bond acceptors (Lipinski definition) is 7. The van der Waals surface area contributed by atoms with Gasteiger partial charge in [-0.1, -0.05) is 41.6 Å². The Morgan fingerprint density at radius 2 is 1.85 bits per heavy atom. The predicted octanol–water partition coefficient (Wildman–Crippen LogP) is 3.47. The molecule has 0 unspecified atom stereocenters. The van der Waals surface area contributed by atoms with E-state index in [1.54, 1.807) is 10.7 Å². The number of nitro groups is 1. The van der Waals surface area contributed by atoms with Crippen LogP contribution in [0.2, 0.25) is 0 Å². The molecule has 0 saturated heterocycles. The number of carbonyl (C=O) groups is 1. The molecule has 138 valence electrons. The molecule has 8 nitrogen and oxygen atoms in total. The minimum atomic E-state index is -0.555. The van der Waals surface area contributed by atoms with E-state index in [1.165, 1.54) is 18.2 Å². The first-order chi connectivity index (χ1) is 12.9. The van der Waals surface area contributed by atoms with Crippen LogP contribution in [0.5, 0.6) is 0 Å². The van der Waals surface area contributed by atoms with Gasteiger partial charge in [-0.05, 0) is 48.4 Å². The fourth-order valence-corrected chi connectivity index (χ4v) is 3.75. The van der Waals surface area contributed by atoms with E-state index in [1.807, 2.05) is 32.9 Å². The van der Waals surface area contributed by atoms with E-state index in [0.29, 0.717) is 5.16 Å². The molecule has 1 heterocycles. The lowest BCUT2D eigenvalue weighted by atomic mass is 10.1. The van der Waals surface area contributed by atoms with Crippen LogP contribution >= 0.6 is 11.8 Å². The van der Waals surface area contributed by atoms with Crippen molar-refractivity contribution in [2.75, 3.05) is 5.75 Å². The average molecular weight is 383 g/mol. The van der Waals surface area contributed by atoms with Crippen LogP contribution in [0.1, 0.15) is 27.0 Å². The van der Waals surface area contributed by atoms with Gasteiger partial charge >= 0.3 is 0 Å². The normalized spacial score (nSPS) is 10.8. The van der Waals surface area contributed by atoms with E-state index in [2.05, 4.69) is 15.5 Å². The first-order valence-electron chi connectivity index (χ1n) is 8.14. The minimum absolute atomic E-state index is 0.00478. The molecule has 2 aromatic carbocycles. The summed E-state index contributed by atoms with van der Waals surface area (Å²) < 4.78 is 1.60. The molecule has 0 aliphatic rings. The Morgan fingerprint density at radius 3 is 2.52 bits per heavy atom. The molecule has 0 radical (unpaired) electrons. The van der Waals surface area contributed by atoms with Crippen molar-refractivity contribution in [1.29, 1.82) is 0 Å². The number of aryl methyl sites for hydroxylation is 3. The van der Waals surface area contributed by atoms with E-state index >= 15 is 0 Å². The third kappa shape index (κ3) is 3.87. The van der Waals surface area contributed by atoms with Gasteiger partial charge in [-0.15, -0.1) is 5.10 Å². The zero-order valence-electron chi connectivity index (χ0n) is 15.0. The lowest BCUT2D eigenvalue weighted by Gasteiger charge is -2.12. The van der Waals surface area contributed by atoms with Gasteiger partial charge in [-0.25, -0.2) is 0 Å². The number of para-hydroxylation sites is 1. The molecule has 0 aliphatic heterocycles. The van der Waals surface area contributed by atoms with Gasteiger partial charge in [0.2, 0.25) is 5.16 Å². The molecule has 9 heteroatoms. The topological polar surface area (TPSA) is 104 Å². The summed E-state index contributed by atoms with van der Waals surface area (Å²) in [6, 6.07) is 9.99. The summed E-state index contributed by atoms with van der Waals surface area (Å²) in [5.41, 5.74) is 3.93. The number of benzene rings is 2. The van der Waals surface area contributed by atoms with Gasteiger partial charge in [0.1, 0.15) is 0 Å². The van der Waals surface area contributed by atoms with E-state index < -0.39 is 4.92 Å². The molecule has 0 atom stereocenters. The molecule has 1 aromatic heterocycles. The number of thioether (sulfide) groups is 1. The molecule has 0 spiro atoms. The second kappa shape index (κ2) is 7.67. The summed E-state index contributed by atoms with van der Waals surface area (Å²) in [6.07, 6.45) is 0. The highest BCUT2D eigenvalue weighted by Crippen LogP contribution is 2.26.